The van der Waals surface area contributed by atoms with E-state index < -0.39 is 23.9 Å². The molecular formula is C24H46N6O4. The van der Waals surface area contributed by atoms with Gasteiger partial charge in [-0.15, -0.1) is 0 Å². The van der Waals surface area contributed by atoms with Crippen LogP contribution in [0.25, 0.3) is 0 Å². The van der Waals surface area contributed by atoms with Gasteiger partial charge < -0.3 is 33.6 Å². The van der Waals surface area contributed by atoms with Crippen LogP contribution in [-0.4, -0.2) is 48.8 Å². The van der Waals surface area contributed by atoms with Gasteiger partial charge >= 0.3 is 0 Å². The van der Waals surface area contributed by atoms with E-state index in [-0.39, 0.29) is 11.8 Å². The summed E-state index contributed by atoms with van der Waals surface area (Å²) in [4.78, 5) is 46.9. The highest BCUT2D eigenvalue weighted by molar-refractivity contribution is 5.87. The third-order valence-electron chi connectivity index (χ3n) is 5.47. The Balaban J connectivity index is 3.85. The molecule has 0 aromatic carbocycles. The van der Waals surface area contributed by atoms with E-state index in [1.165, 1.54) is 0 Å². The maximum atomic E-state index is 12.0. The Labute approximate surface area is 204 Å². The monoisotopic (exact) mass is 482 g/mol. The van der Waals surface area contributed by atoms with E-state index in [0.717, 1.165) is 64.2 Å². The van der Waals surface area contributed by atoms with E-state index in [9.17, 15) is 19.2 Å². The molecule has 0 unspecified atom stereocenters. The molecule has 0 radical (unpaired) electrons. The number of unbranched alkanes of at least 4 members (excludes halogenated alkanes) is 6. The zero-order valence-corrected chi connectivity index (χ0v) is 20.6. The van der Waals surface area contributed by atoms with Crippen LogP contribution in [0.1, 0.15) is 89.9 Å². The van der Waals surface area contributed by atoms with Crippen LogP contribution in [-0.2, 0) is 19.2 Å². The van der Waals surface area contributed by atoms with Crippen molar-refractivity contribution in [3.8, 4) is 0 Å². The number of nitrogens with two attached hydrogens (primary N) is 4. The van der Waals surface area contributed by atoms with Crippen molar-refractivity contribution in [2.24, 2.45) is 22.9 Å². The molecule has 0 aromatic rings. The fraction of sp³-hybridized carbons (Fsp3) is 0.750. The van der Waals surface area contributed by atoms with Gasteiger partial charge in [-0.1, -0.05) is 12.2 Å². The average Bonchev–Trinajstić information content (AvgIpc) is 2.78. The van der Waals surface area contributed by atoms with Crippen molar-refractivity contribution < 1.29 is 19.2 Å². The third-order valence-corrected chi connectivity index (χ3v) is 5.47. The van der Waals surface area contributed by atoms with Crippen LogP contribution in [0.3, 0.4) is 0 Å². The summed E-state index contributed by atoms with van der Waals surface area (Å²) in [6, 6.07) is -1.25. The first-order chi connectivity index (χ1) is 16.3. The number of allylic oxidation sites excluding steroid dienone is 2. The molecular weight excluding hydrogens is 436 g/mol. The average molecular weight is 483 g/mol. The summed E-state index contributed by atoms with van der Waals surface area (Å²) >= 11 is 0. The summed E-state index contributed by atoms with van der Waals surface area (Å²) in [5, 5.41) is 5.41. The van der Waals surface area contributed by atoms with E-state index in [1.807, 2.05) is 0 Å². The molecule has 34 heavy (non-hydrogen) atoms. The molecule has 0 saturated carbocycles. The minimum absolute atomic E-state index is 0.156. The van der Waals surface area contributed by atoms with Crippen molar-refractivity contribution in [2.75, 3.05) is 13.1 Å². The summed E-state index contributed by atoms with van der Waals surface area (Å²) in [7, 11) is 0. The molecule has 0 spiro atoms. The zero-order valence-electron chi connectivity index (χ0n) is 20.6. The minimum Gasteiger partial charge on any atom is -0.368 e. The maximum absolute atomic E-state index is 12.0. The van der Waals surface area contributed by atoms with Gasteiger partial charge in [0, 0.05) is 12.8 Å². The second-order valence-corrected chi connectivity index (χ2v) is 8.58. The number of rotatable bonds is 22. The SMILES string of the molecule is NCCCC[C@H](NC(=O)CCCC/C=C/CCCCC(=O)N[C@@H](CCCCN)C(N)=O)C(N)=O. The number of hydrogen-bond acceptors (Lipinski definition) is 6. The quantitative estimate of drug-likeness (QED) is 0.0976. The smallest absolute Gasteiger partial charge is 0.239 e. The van der Waals surface area contributed by atoms with Crippen molar-refractivity contribution in [1.29, 1.82) is 0 Å². The van der Waals surface area contributed by atoms with Crippen LogP contribution in [0, 0.1) is 0 Å². The molecule has 0 aliphatic rings. The van der Waals surface area contributed by atoms with Gasteiger partial charge in [0.2, 0.25) is 23.6 Å². The van der Waals surface area contributed by atoms with Crippen molar-refractivity contribution in [1.82, 2.24) is 10.6 Å². The van der Waals surface area contributed by atoms with Gasteiger partial charge in [-0.2, -0.15) is 0 Å². The summed E-state index contributed by atoms with van der Waals surface area (Å²) < 4.78 is 0. The van der Waals surface area contributed by atoms with Crippen LogP contribution < -0.4 is 33.6 Å². The lowest BCUT2D eigenvalue weighted by Crippen LogP contribution is -2.44. The second-order valence-electron chi connectivity index (χ2n) is 8.58. The predicted octanol–water partition coefficient (Wildman–Crippen LogP) is 0.862. The number of primary amides is 2. The summed E-state index contributed by atoms with van der Waals surface area (Å²) in [5.74, 6) is -1.34. The fourth-order valence-corrected chi connectivity index (χ4v) is 3.42. The number of carbonyl (C=O) groups is 4. The largest absolute Gasteiger partial charge is 0.368 e. The van der Waals surface area contributed by atoms with E-state index in [4.69, 9.17) is 22.9 Å². The van der Waals surface area contributed by atoms with Gasteiger partial charge in [0.25, 0.3) is 0 Å². The lowest BCUT2D eigenvalue weighted by Gasteiger charge is -2.15. The van der Waals surface area contributed by atoms with Crippen LogP contribution in [0.15, 0.2) is 12.2 Å². The van der Waals surface area contributed by atoms with E-state index in [0.29, 0.717) is 38.8 Å². The predicted molar refractivity (Wildman–Crippen MR) is 134 cm³/mol. The van der Waals surface area contributed by atoms with Crippen molar-refractivity contribution in [3.63, 3.8) is 0 Å². The third kappa shape index (κ3) is 18.0. The van der Waals surface area contributed by atoms with Gasteiger partial charge in [0.15, 0.2) is 0 Å². The molecule has 0 aromatic heterocycles. The van der Waals surface area contributed by atoms with E-state index >= 15 is 0 Å². The maximum Gasteiger partial charge on any atom is 0.239 e. The zero-order chi connectivity index (χ0) is 25.6. The number of hydrogen-bond donors (Lipinski definition) is 6. The molecule has 4 amide bonds. The summed E-state index contributed by atoms with van der Waals surface area (Å²) in [6.45, 7) is 1.10. The molecule has 0 heterocycles. The molecule has 10 heteroatoms. The van der Waals surface area contributed by atoms with E-state index in [1.54, 1.807) is 0 Å². The Morgan fingerprint density at radius 3 is 1.29 bits per heavy atom. The van der Waals surface area contributed by atoms with Gasteiger partial charge in [0.1, 0.15) is 12.1 Å². The summed E-state index contributed by atoms with van der Waals surface area (Å²) in [5.41, 5.74) is 21.6. The molecule has 0 rings (SSSR count). The molecule has 0 aliphatic heterocycles. The highest BCUT2D eigenvalue weighted by atomic mass is 16.2. The van der Waals surface area contributed by atoms with E-state index in [2.05, 4.69) is 22.8 Å². The molecule has 10 nitrogen and oxygen atoms in total. The molecule has 10 N–H and O–H groups in total. The molecule has 0 saturated heterocycles. The number of nitrogens with one attached hydrogen (secondary N) is 2. The number of carbonyl (C=O) groups excluding carboxylic acids is 4. The number of amides is 4. The Hall–Kier alpha value is -2.46. The van der Waals surface area contributed by atoms with Crippen molar-refractivity contribution in [3.05, 3.63) is 12.2 Å². The first-order valence-electron chi connectivity index (χ1n) is 12.5. The normalized spacial score (nSPS) is 12.9. The molecule has 0 aliphatic carbocycles. The Morgan fingerprint density at radius 2 is 0.971 bits per heavy atom. The standard InChI is InChI=1S/C24H46N6O4/c25-17-11-9-13-19(23(27)33)29-21(31)15-7-5-3-1-2-4-6-8-16-22(32)30-20(24(28)34)14-10-12-18-26/h1-2,19-20H,3-18,25-26H2,(H2,27,33)(H2,28,34)(H,29,31)(H,30,32)/b2-1+/t19-,20-/m0/s1. The minimum atomic E-state index is -0.626. The molecule has 196 valence electrons. The van der Waals surface area contributed by atoms with Gasteiger partial charge in [-0.05, 0) is 90.1 Å². The highest BCUT2D eigenvalue weighted by Crippen LogP contribution is 2.07. The first kappa shape index (κ1) is 31.5. The van der Waals surface area contributed by atoms with Crippen LogP contribution >= 0.6 is 0 Å². The van der Waals surface area contributed by atoms with Crippen LogP contribution in [0.5, 0.6) is 0 Å². The lowest BCUT2D eigenvalue weighted by atomic mass is 10.1. The summed E-state index contributed by atoms with van der Waals surface area (Å²) in [6.07, 6.45) is 14.0. The van der Waals surface area contributed by atoms with Gasteiger partial charge in [-0.3, -0.25) is 19.2 Å². The Bertz CT molecular complexity index is 575. The Morgan fingerprint density at radius 1 is 0.588 bits per heavy atom. The highest BCUT2D eigenvalue weighted by Gasteiger charge is 2.18. The van der Waals surface area contributed by atoms with Crippen molar-refractivity contribution in [2.45, 2.75) is 102 Å². The Kier molecular flexibility index (Phi) is 19.6. The topological polar surface area (TPSA) is 196 Å². The first-order valence-corrected chi connectivity index (χ1v) is 12.5. The molecule has 0 fully saturated rings. The van der Waals surface area contributed by atoms with Crippen LogP contribution in [0.2, 0.25) is 0 Å². The molecule has 0 bridgehead atoms. The fourth-order valence-electron chi connectivity index (χ4n) is 3.42. The molecule has 2 atom stereocenters. The van der Waals surface area contributed by atoms with Gasteiger partial charge in [-0.25, -0.2) is 0 Å². The van der Waals surface area contributed by atoms with Crippen molar-refractivity contribution >= 4 is 23.6 Å². The lowest BCUT2D eigenvalue weighted by molar-refractivity contribution is -0.127. The van der Waals surface area contributed by atoms with Crippen LogP contribution in [0.4, 0.5) is 0 Å². The van der Waals surface area contributed by atoms with Gasteiger partial charge in [0.05, 0.1) is 0 Å². The second kappa shape index (κ2) is 21.1.